The summed E-state index contributed by atoms with van der Waals surface area (Å²) in [6, 6.07) is 14.8. The number of benzene rings is 2. The zero-order valence-corrected chi connectivity index (χ0v) is 19.5. The predicted molar refractivity (Wildman–Crippen MR) is 128 cm³/mol. The second-order valence-electron chi connectivity index (χ2n) is 7.89. The maximum Gasteiger partial charge on any atom is 0.325 e. The van der Waals surface area contributed by atoms with Crippen LogP contribution in [0.1, 0.15) is 11.3 Å². The van der Waals surface area contributed by atoms with Crippen LogP contribution in [-0.2, 0) is 14.8 Å². The molecular weight excluding hydrogens is 456 g/mol. The number of nitrogens with zero attached hydrogens (tertiary/aromatic N) is 4. The number of urea groups is 1. The molecule has 10 nitrogen and oxygen atoms in total. The van der Waals surface area contributed by atoms with Gasteiger partial charge in [0.25, 0.3) is 10.0 Å². The summed E-state index contributed by atoms with van der Waals surface area (Å²) in [5, 5.41) is 2.70. The van der Waals surface area contributed by atoms with Crippen molar-refractivity contribution < 1.29 is 18.0 Å². The van der Waals surface area contributed by atoms with E-state index in [2.05, 4.69) is 20.0 Å². The second kappa shape index (κ2) is 9.48. The van der Waals surface area contributed by atoms with Crippen LogP contribution in [0.3, 0.4) is 0 Å². The zero-order valence-electron chi connectivity index (χ0n) is 18.7. The van der Waals surface area contributed by atoms with Crippen molar-refractivity contribution in [2.75, 3.05) is 34.6 Å². The molecule has 0 saturated carbocycles. The van der Waals surface area contributed by atoms with Crippen LogP contribution in [-0.4, -0.2) is 54.9 Å². The fraction of sp³-hybridized carbons (Fsp3) is 0.217. The average molecular weight is 481 g/mol. The third-order valence-electron chi connectivity index (χ3n) is 5.24. The Hall–Kier alpha value is -3.99. The number of rotatable bonds is 7. The maximum absolute atomic E-state index is 12.7. The number of aryl methyl sites for hydroxylation is 2. The number of carbonyl (C=O) groups is 2. The average Bonchev–Trinajstić information content (AvgIpc) is 3.14. The summed E-state index contributed by atoms with van der Waals surface area (Å²) < 4.78 is 27.4. The molecule has 34 heavy (non-hydrogen) atoms. The van der Waals surface area contributed by atoms with Gasteiger partial charge in [-0.05, 0) is 56.3 Å². The summed E-state index contributed by atoms with van der Waals surface area (Å²) in [5.41, 5.74) is 2.94. The quantitative estimate of drug-likeness (QED) is 0.536. The van der Waals surface area contributed by atoms with Gasteiger partial charge in [0.1, 0.15) is 6.54 Å². The number of sulfonamides is 1. The first-order valence-corrected chi connectivity index (χ1v) is 12.0. The Bertz CT molecular complexity index is 1310. The molecule has 1 saturated heterocycles. The molecule has 0 bridgehead atoms. The molecule has 4 rings (SSSR count). The van der Waals surface area contributed by atoms with E-state index in [9.17, 15) is 18.0 Å². The Balaban J connectivity index is 1.35. The van der Waals surface area contributed by atoms with Crippen molar-refractivity contribution in [2.24, 2.45) is 0 Å². The van der Waals surface area contributed by atoms with Gasteiger partial charge in [0.05, 0.1) is 4.90 Å². The lowest BCUT2D eigenvalue weighted by Gasteiger charge is -2.18. The van der Waals surface area contributed by atoms with Crippen LogP contribution in [0.4, 0.5) is 22.1 Å². The van der Waals surface area contributed by atoms with Crippen LogP contribution >= 0.6 is 0 Å². The van der Waals surface area contributed by atoms with E-state index in [-0.39, 0.29) is 29.3 Å². The molecule has 0 spiro atoms. The van der Waals surface area contributed by atoms with Crippen LogP contribution in [0, 0.1) is 13.8 Å². The highest BCUT2D eigenvalue weighted by Crippen LogP contribution is 2.21. The van der Waals surface area contributed by atoms with Gasteiger partial charge < -0.3 is 10.2 Å². The van der Waals surface area contributed by atoms with E-state index in [1.165, 1.54) is 35.4 Å². The van der Waals surface area contributed by atoms with Gasteiger partial charge in [-0.2, -0.15) is 0 Å². The van der Waals surface area contributed by atoms with Crippen LogP contribution in [0.25, 0.3) is 0 Å². The van der Waals surface area contributed by atoms with Crippen molar-refractivity contribution in [1.29, 1.82) is 0 Å². The third kappa shape index (κ3) is 5.31. The number of nitrogens with one attached hydrogen (secondary N) is 2. The van der Waals surface area contributed by atoms with Crippen molar-refractivity contribution in [1.82, 2.24) is 14.9 Å². The maximum atomic E-state index is 12.7. The minimum Gasteiger partial charge on any atom is -0.325 e. The SMILES string of the molecule is Cc1ccc(N2CCN(CC(=O)Nc3ccc(S(=O)(=O)Nc4nccc(C)n4)cc3)C2=O)cc1. The van der Waals surface area contributed by atoms with Crippen molar-refractivity contribution in [2.45, 2.75) is 18.7 Å². The van der Waals surface area contributed by atoms with Gasteiger partial charge in [-0.15, -0.1) is 0 Å². The molecule has 1 aliphatic rings. The first-order chi connectivity index (χ1) is 16.2. The van der Waals surface area contributed by atoms with Crippen LogP contribution in [0.15, 0.2) is 65.7 Å². The fourth-order valence-corrected chi connectivity index (χ4v) is 4.41. The van der Waals surface area contributed by atoms with E-state index in [1.54, 1.807) is 17.9 Å². The summed E-state index contributed by atoms with van der Waals surface area (Å²) in [5.74, 6) is -0.395. The molecule has 0 aliphatic carbocycles. The molecule has 176 valence electrons. The van der Waals surface area contributed by atoms with Crippen molar-refractivity contribution in [3.05, 3.63) is 72.1 Å². The lowest BCUT2D eigenvalue weighted by molar-refractivity contribution is -0.116. The van der Waals surface area contributed by atoms with E-state index in [0.717, 1.165) is 11.3 Å². The molecule has 2 aromatic carbocycles. The van der Waals surface area contributed by atoms with Gasteiger partial charge in [-0.25, -0.2) is 27.9 Å². The van der Waals surface area contributed by atoms with Gasteiger partial charge in [0.15, 0.2) is 0 Å². The molecule has 11 heteroatoms. The summed E-state index contributed by atoms with van der Waals surface area (Å²) in [6.07, 6.45) is 1.46. The normalized spacial score (nSPS) is 13.8. The number of carbonyl (C=O) groups excluding carboxylic acids is 2. The molecule has 0 unspecified atom stereocenters. The molecule has 0 atom stereocenters. The Kier molecular flexibility index (Phi) is 6.46. The van der Waals surface area contributed by atoms with Gasteiger partial charge in [-0.1, -0.05) is 17.7 Å². The first-order valence-electron chi connectivity index (χ1n) is 10.6. The lowest BCUT2D eigenvalue weighted by atomic mass is 10.2. The van der Waals surface area contributed by atoms with Gasteiger partial charge in [-0.3, -0.25) is 9.69 Å². The summed E-state index contributed by atoms with van der Waals surface area (Å²) >= 11 is 0. The number of hydrogen-bond acceptors (Lipinski definition) is 6. The number of aromatic nitrogens is 2. The Labute approximate surface area is 197 Å². The smallest absolute Gasteiger partial charge is 0.325 e. The fourth-order valence-electron chi connectivity index (χ4n) is 3.46. The van der Waals surface area contributed by atoms with Crippen LogP contribution in [0.2, 0.25) is 0 Å². The summed E-state index contributed by atoms with van der Waals surface area (Å²) in [7, 11) is -3.88. The number of amides is 3. The van der Waals surface area contributed by atoms with Gasteiger partial charge in [0.2, 0.25) is 11.9 Å². The van der Waals surface area contributed by atoms with Gasteiger partial charge in [0, 0.05) is 36.4 Å². The van der Waals surface area contributed by atoms with E-state index in [0.29, 0.717) is 24.5 Å². The van der Waals surface area contributed by atoms with Crippen LogP contribution in [0.5, 0.6) is 0 Å². The standard InChI is InChI=1S/C23H24N6O4S/c1-16-3-7-19(8-4-16)29-14-13-28(23(29)31)15-21(30)26-18-5-9-20(10-6-18)34(32,33)27-22-24-12-11-17(2)25-22/h3-12H,13-15H2,1-2H3,(H,26,30)(H,24,25,27). The Morgan fingerprint density at radius 3 is 2.38 bits per heavy atom. The summed E-state index contributed by atoms with van der Waals surface area (Å²) in [4.78, 5) is 36.2. The van der Waals surface area contributed by atoms with Crippen molar-refractivity contribution in [3.63, 3.8) is 0 Å². The first kappa shape index (κ1) is 23.2. The van der Waals surface area contributed by atoms with E-state index in [1.807, 2.05) is 31.2 Å². The molecule has 1 fully saturated rings. The lowest BCUT2D eigenvalue weighted by Crippen LogP contribution is -2.37. The van der Waals surface area contributed by atoms with E-state index < -0.39 is 10.0 Å². The second-order valence-corrected chi connectivity index (χ2v) is 9.57. The molecule has 2 heterocycles. The van der Waals surface area contributed by atoms with Crippen LogP contribution < -0.4 is 14.9 Å². The van der Waals surface area contributed by atoms with Crippen molar-refractivity contribution >= 4 is 39.3 Å². The molecular formula is C23H24N6O4S. The molecule has 0 radical (unpaired) electrons. The third-order valence-corrected chi connectivity index (χ3v) is 6.59. The molecule has 1 aromatic heterocycles. The Morgan fingerprint density at radius 1 is 1.00 bits per heavy atom. The van der Waals surface area contributed by atoms with E-state index >= 15 is 0 Å². The minimum atomic E-state index is -3.88. The largest absolute Gasteiger partial charge is 0.325 e. The minimum absolute atomic E-state index is 0.000865. The van der Waals surface area contributed by atoms with Gasteiger partial charge >= 0.3 is 6.03 Å². The summed E-state index contributed by atoms with van der Waals surface area (Å²) in [6.45, 7) is 4.53. The van der Waals surface area contributed by atoms with Crippen molar-refractivity contribution in [3.8, 4) is 0 Å². The molecule has 3 amide bonds. The Morgan fingerprint density at radius 2 is 1.71 bits per heavy atom. The van der Waals surface area contributed by atoms with E-state index in [4.69, 9.17) is 0 Å². The number of hydrogen-bond donors (Lipinski definition) is 2. The number of anilines is 3. The highest BCUT2D eigenvalue weighted by Gasteiger charge is 2.30. The monoisotopic (exact) mass is 480 g/mol. The molecule has 1 aliphatic heterocycles. The molecule has 2 N–H and O–H groups in total. The topological polar surface area (TPSA) is 125 Å². The highest BCUT2D eigenvalue weighted by molar-refractivity contribution is 7.92. The predicted octanol–water partition coefficient (Wildman–Crippen LogP) is 2.77. The highest BCUT2D eigenvalue weighted by atomic mass is 32.2. The molecule has 3 aromatic rings. The zero-order chi connectivity index (χ0) is 24.3.